The summed E-state index contributed by atoms with van der Waals surface area (Å²) in [7, 11) is 0. The van der Waals surface area contributed by atoms with E-state index in [1.54, 1.807) is 29.1 Å². The van der Waals surface area contributed by atoms with Crippen LogP contribution in [0.4, 0.5) is 0 Å². The van der Waals surface area contributed by atoms with E-state index < -0.39 is 0 Å². The van der Waals surface area contributed by atoms with Gasteiger partial charge in [-0.15, -0.1) is 0 Å². The van der Waals surface area contributed by atoms with Crippen LogP contribution < -0.4 is 10.9 Å². The predicted molar refractivity (Wildman–Crippen MR) is 113 cm³/mol. The maximum absolute atomic E-state index is 12.2. The number of H-pyrrole nitrogens is 1. The first-order valence-electron chi connectivity index (χ1n) is 9.73. The molecule has 1 aromatic carbocycles. The molecule has 4 rings (SSSR count). The van der Waals surface area contributed by atoms with Gasteiger partial charge in [-0.05, 0) is 43.7 Å². The van der Waals surface area contributed by atoms with Gasteiger partial charge < -0.3 is 10.3 Å². The number of nitrogens with zero attached hydrogens (tertiary/aromatic N) is 4. The first kappa shape index (κ1) is 19.5. The molecule has 0 fully saturated rings. The molecule has 152 valence electrons. The number of rotatable bonds is 6. The molecular weight excluding hydrogens is 380 g/mol. The number of amides is 1. The maximum Gasteiger partial charge on any atom is 0.258 e. The molecule has 0 bridgehead atoms. The summed E-state index contributed by atoms with van der Waals surface area (Å²) in [6.07, 6.45) is 2.33. The summed E-state index contributed by atoms with van der Waals surface area (Å²) in [5.74, 6) is 1.13. The Morgan fingerprint density at radius 2 is 2.00 bits per heavy atom. The minimum absolute atomic E-state index is 0.117. The lowest BCUT2D eigenvalue weighted by Gasteiger charge is -2.07. The van der Waals surface area contributed by atoms with Crippen LogP contribution in [0.15, 0.2) is 53.5 Å². The second kappa shape index (κ2) is 8.28. The zero-order valence-corrected chi connectivity index (χ0v) is 16.8. The number of benzene rings is 1. The highest BCUT2D eigenvalue weighted by molar-refractivity contribution is 5.78. The van der Waals surface area contributed by atoms with Gasteiger partial charge in [-0.1, -0.05) is 18.2 Å². The Morgan fingerprint density at radius 3 is 2.73 bits per heavy atom. The minimum atomic E-state index is -0.190. The van der Waals surface area contributed by atoms with Crippen molar-refractivity contribution in [1.82, 2.24) is 30.0 Å². The smallest absolute Gasteiger partial charge is 0.258 e. The Labute approximate surface area is 173 Å². The van der Waals surface area contributed by atoms with E-state index in [2.05, 4.69) is 25.4 Å². The van der Waals surface area contributed by atoms with Crippen molar-refractivity contribution in [1.29, 1.82) is 0 Å². The molecule has 0 unspecified atom stereocenters. The first-order chi connectivity index (χ1) is 14.5. The van der Waals surface area contributed by atoms with Crippen LogP contribution in [0.1, 0.15) is 29.2 Å². The zero-order chi connectivity index (χ0) is 21.1. The van der Waals surface area contributed by atoms with Crippen molar-refractivity contribution in [2.75, 3.05) is 0 Å². The fourth-order valence-corrected chi connectivity index (χ4v) is 3.28. The quantitative estimate of drug-likeness (QED) is 0.515. The summed E-state index contributed by atoms with van der Waals surface area (Å²) >= 11 is 0. The van der Waals surface area contributed by atoms with Gasteiger partial charge in [0.25, 0.3) is 5.56 Å². The lowest BCUT2D eigenvalue weighted by atomic mass is 10.2. The number of hydrogen-bond acceptors (Lipinski definition) is 5. The molecule has 1 amide bonds. The number of pyridine rings is 1. The van der Waals surface area contributed by atoms with Gasteiger partial charge in [0.15, 0.2) is 5.82 Å². The molecule has 0 aliphatic rings. The first-order valence-corrected chi connectivity index (χ1v) is 9.73. The average Bonchev–Trinajstić information content (AvgIpc) is 3.09. The van der Waals surface area contributed by atoms with Crippen molar-refractivity contribution in [2.24, 2.45) is 0 Å². The van der Waals surface area contributed by atoms with Crippen LogP contribution >= 0.6 is 0 Å². The molecule has 0 spiro atoms. The van der Waals surface area contributed by atoms with E-state index in [0.717, 1.165) is 22.8 Å². The van der Waals surface area contributed by atoms with Crippen LogP contribution in [-0.4, -0.2) is 30.6 Å². The Morgan fingerprint density at radius 1 is 1.17 bits per heavy atom. The van der Waals surface area contributed by atoms with E-state index in [1.165, 1.54) is 0 Å². The molecule has 3 heterocycles. The van der Waals surface area contributed by atoms with Crippen LogP contribution in [0.2, 0.25) is 0 Å². The normalized spacial score (nSPS) is 11.0. The van der Waals surface area contributed by atoms with E-state index >= 15 is 0 Å². The fourth-order valence-electron chi connectivity index (χ4n) is 3.28. The van der Waals surface area contributed by atoms with E-state index in [4.69, 9.17) is 0 Å². The maximum atomic E-state index is 12.2. The average molecular weight is 402 g/mol. The summed E-state index contributed by atoms with van der Waals surface area (Å²) < 4.78 is 1.79. The molecule has 2 N–H and O–H groups in total. The molecule has 8 heteroatoms. The molecule has 0 aliphatic carbocycles. The molecule has 4 aromatic rings. The van der Waals surface area contributed by atoms with Gasteiger partial charge in [-0.3, -0.25) is 9.59 Å². The molecule has 3 aromatic heterocycles. The van der Waals surface area contributed by atoms with Crippen molar-refractivity contribution >= 4 is 16.8 Å². The predicted octanol–water partition coefficient (Wildman–Crippen LogP) is 2.37. The monoisotopic (exact) mass is 402 g/mol. The number of aromatic amines is 1. The van der Waals surface area contributed by atoms with Crippen molar-refractivity contribution < 1.29 is 4.79 Å². The highest BCUT2D eigenvalue weighted by atomic mass is 16.1. The van der Waals surface area contributed by atoms with Crippen LogP contribution in [0.25, 0.3) is 16.7 Å². The summed E-state index contributed by atoms with van der Waals surface area (Å²) in [6.45, 7) is 4.30. The highest BCUT2D eigenvalue weighted by Gasteiger charge is 2.08. The van der Waals surface area contributed by atoms with E-state index in [9.17, 15) is 9.59 Å². The third-order valence-electron chi connectivity index (χ3n) is 4.78. The van der Waals surface area contributed by atoms with Gasteiger partial charge in [-0.25, -0.2) is 14.6 Å². The van der Waals surface area contributed by atoms with E-state index in [-0.39, 0.29) is 17.9 Å². The van der Waals surface area contributed by atoms with E-state index in [0.29, 0.717) is 29.7 Å². The van der Waals surface area contributed by atoms with Crippen LogP contribution in [0.5, 0.6) is 0 Å². The van der Waals surface area contributed by atoms with Crippen molar-refractivity contribution in [3.63, 3.8) is 0 Å². The Bertz CT molecular complexity index is 1260. The van der Waals surface area contributed by atoms with Gasteiger partial charge >= 0.3 is 0 Å². The Balaban J connectivity index is 1.33. The highest BCUT2D eigenvalue weighted by Crippen LogP contribution is 2.10. The lowest BCUT2D eigenvalue weighted by molar-refractivity contribution is -0.121. The number of fused-ring (bicyclic) bond motifs is 1. The molecule has 0 radical (unpaired) electrons. The van der Waals surface area contributed by atoms with Gasteiger partial charge in [0.1, 0.15) is 5.82 Å². The SMILES string of the molecule is Cc1cc(C)n(-c2ccc(CNC(=O)CCc3nc4ccccc4c(=O)[nH]3)cn2)n1. The van der Waals surface area contributed by atoms with Gasteiger partial charge in [0.05, 0.1) is 16.6 Å². The van der Waals surface area contributed by atoms with Crippen molar-refractivity contribution in [2.45, 2.75) is 33.2 Å². The topological polar surface area (TPSA) is 106 Å². The number of aromatic nitrogens is 5. The van der Waals surface area contributed by atoms with Gasteiger partial charge in [0, 0.05) is 31.3 Å². The van der Waals surface area contributed by atoms with E-state index in [1.807, 2.05) is 38.1 Å². The van der Waals surface area contributed by atoms with Gasteiger partial charge in [0.2, 0.25) is 5.91 Å². The number of hydrogen-bond donors (Lipinski definition) is 2. The summed E-state index contributed by atoms with van der Waals surface area (Å²) in [4.78, 5) is 35.9. The molecule has 0 aliphatic heterocycles. The Hall–Kier alpha value is -3.81. The molecule has 8 nitrogen and oxygen atoms in total. The van der Waals surface area contributed by atoms with Crippen LogP contribution in [0.3, 0.4) is 0 Å². The Kier molecular flexibility index (Phi) is 5.38. The minimum Gasteiger partial charge on any atom is -0.352 e. The lowest BCUT2D eigenvalue weighted by Crippen LogP contribution is -2.24. The number of carbonyl (C=O) groups is 1. The standard InChI is InChI=1S/C22H22N6O2/c1-14-11-15(2)28(27-14)20-9-7-16(12-23-20)13-24-21(29)10-8-19-25-18-6-4-3-5-17(18)22(30)26-19/h3-7,9,11-12H,8,10,13H2,1-2H3,(H,24,29)(H,25,26,30). The van der Waals surface area contributed by atoms with Crippen LogP contribution in [0, 0.1) is 13.8 Å². The molecular formula is C22H22N6O2. The second-order valence-electron chi connectivity index (χ2n) is 7.17. The fraction of sp³-hybridized carbons (Fsp3) is 0.227. The molecule has 0 saturated carbocycles. The molecule has 0 saturated heterocycles. The number of aryl methyl sites for hydroxylation is 3. The molecule has 0 atom stereocenters. The van der Waals surface area contributed by atoms with Crippen molar-refractivity contribution in [3.8, 4) is 5.82 Å². The third kappa shape index (κ3) is 4.27. The second-order valence-corrected chi connectivity index (χ2v) is 7.17. The van der Waals surface area contributed by atoms with Gasteiger partial charge in [-0.2, -0.15) is 5.10 Å². The number of carbonyl (C=O) groups excluding carboxylic acids is 1. The molecule has 30 heavy (non-hydrogen) atoms. The van der Waals surface area contributed by atoms with Crippen LogP contribution in [-0.2, 0) is 17.8 Å². The largest absolute Gasteiger partial charge is 0.352 e. The summed E-state index contributed by atoms with van der Waals surface area (Å²) in [6, 6.07) is 12.9. The zero-order valence-electron chi connectivity index (χ0n) is 16.8. The third-order valence-corrected chi connectivity index (χ3v) is 4.78. The summed E-state index contributed by atoms with van der Waals surface area (Å²) in [5.41, 5.74) is 3.29. The number of para-hydroxylation sites is 1. The van der Waals surface area contributed by atoms with Crippen molar-refractivity contribution in [3.05, 3.63) is 81.8 Å². The number of nitrogens with one attached hydrogen (secondary N) is 2. The summed E-state index contributed by atoms with van der Waals surface area (Å²) in [5, 5.41) is 7.83.